The number of hydrogen-bond donors (Lipinski definition) is 1. The lowest BCUT2D eigenvalue weighted by Crippen LogP contribution is -2.14. The third-order valence-corrected chi connectivity index (χ3v) is 4.53. The summed E-state index contributed by atoms with van der Waals surface area (Å²) in [6, 6.07) is 12.9. The highest BCUT2D eigenvalue weighted by Gasteiger charge is 2.14. The van der Waals surface area contributed by atoms with E-state index in [1.165, 1.54) is 25.4 Å². The van der Waals surface area contributed by atoms with Gasteiger partial charge in [-0.1, -0.05) is 25.1 Å². The SMILES string of the molecule is CCc1cc(-c2c(OCc3ccc(F)cc3)cc[nH]c2=O)ccc1OCC(=O)OC. The van der Waals surface area contributed by atoms with Gasteiger partial charge in [0.25, 0.3) is 5.56 Å². The fourth-order valence-corrected chi connectivity index (χ4v) is 2.94. The van der Waals surface area contributed by atoms with Crippen molar-refractivity contribution in [2.45, 2.75) is 20.0 Å². The molecule has 30 heavy (non-hydrogen) atoms. The Morgan fingerprint density at radius 1 is 1.03 bits per heavy atom. The van der Waals surface area contributed by atoms with Gasteiger partial charge in [0.15, 0.2) is 6.61 Å². The van der Waals surface area contributed by atoms with E-state index in [1.54, 1.807) is 30.3 Å². The number of aromatic nitrogens is 1. The summed E-state index contributed by atoms with van der Waals surface area (Å²) in [5.41, 5.74) is 2.37. The molecular weight excluding hydrogens is 389 g/mol. The Hall–Kier alpha value is -3.61. The van der Waals surface area contributed by atoms with Crippen molar-refractivity contribution in [2.24, 2.45) is 0 Å². The van der Waals surface area contributed by atoms with E-state index in [4.69, 9.17) is 9.47 Å². The molecule has 1 heterocycles. The molecule has 0 saturated carbocycles. The predicted molar refractivity (Wildman–Crippen MR) is 110 cm³/mol. The number of carbonyl (C=O) groups excluding carboxylic acids is 1. The fraction of sp³-hybridized carbons (Fsp3) is 0.217. The molecule has 156 valence electrons. The minimum Gasteiger partial charge on any atom is -0.488 e. The number of hydrogen-bond acceptors (Lipinski definition) is 5. The molecule has 0 unspecified atom stereocenters. The van der Waals surface area contributed by atoms with E-state index in [2.05, 4.69) is 9.72 Å². The summed E-state index contributed by atoms with van der Waals surface area (Å²) in [5.74, 6) is 0.162. The first-order valence-corrected chi connectivity index (χ1v) is 9.43. The van der Waals surface area contributed by atoms with Crippen LogP contribution in [0.5, 0.6) is 11.5 Å². The molecule has 7 heteroatoms. The number of aryl methyl sites for hydroxylation is 1. The summed E-state index contributed by atoms with van der Waals surface area (Å²) in [7, 11) is 1.30. The minimum atomic E-state index is -0.475. The molecule has 0 aliphatic heterocycles. The highest BCUT2D eigenvalue weighted by Crippen LogP contribution is 2.31. The first-order valence-electron chi connectivity index (χ1n) is 9.43. The Bertz CT molecular complexity index is 1080. The van der Waals surface area contributed by atoms with Crippen LogP contribution in [0, 0.1) is 5.82 Å². The van der Waals surface area contributed by atoms with Crippen molar-refractivity contribution in [2.75, 3.05) is 13.7 Å². The standard InChI is InChI=1S/C23H22FNO5/c1-3-16-12-17(6-9-19(16)30-14-21(26)28-2)22-20(10-11-25-23(22)27)29-13-15-4-7-18(24)8-5-15/h4-12H,3,13-14H2,1-2H3,(H,25,27). The van der Waals surface area contributed by atoms with Crippen molar-refractivity contribution in [3.63, 3.8) is 0 Å². The van der Waals surface area contributed by atoms with Gasteiger partial charge in [0.2, 0.25) is 0 Å². The number of nitrogens with one attached hydrogen (secondary N) is 1. The molecule has 0 aliphatic carbocycles. The molecule has 0 saturated heterocycles. The highest BCUT2D eigenvalue weighted by atomic mass is 19.1. The first-order chi connectivity index (χ1) is 14.5. The van der Waals surface area contributed by atoms with Crippen LogP contribution in [-0.2, 0) is 22.6 Å². The van der Waals surface area contributed by atoms with Crippen LogP contribution in [-0.4, -0.2) is 24.7 Å². The highest BCUT2D eigenvalue weighted by molar-refractivity contribution is 5.72. The average Bonchev–Trinajstić information content (AvgIpc) is 2.77. The molecule has 0 fully saturated rings. The second kappa shape index (κ2) is 9.73. The van der Waals surface area contributed by atoms with Gasteiger partial charge in [-0.2, -0.15) is 0 Å². The van der Waals surface area contributed by atoms with Gasteiger partial charge in [-0.05, 0) is 53.4 Å². The van der Waals surface area contributed by atoms with Gasteiger partial charge < -0.3 is 19.2 Å². The molecule has 0 amide bonds. The Kier molecular flexibility index (Phi) is 6.85. The van der Waals surface area contributed by atoms with Gasteiger partial charge in [-0.25, -0.2) is 9.18 Å². The lowest BCUT2D eigenvalue weighted by Gasteiger charge is -2.14. The number of H-pyrrole nitrogens is 1. The smallest absolute Gasteiger partial charge is 0.343 e. The molecule has 0 aliphatic rings. The molecule has 3 rings (SSSR count). The second-order valence-electron chi connectivity index (χ2n) is 6.50. The van der Waals surface area contributed by atoms with E-state index < -0.39 is 5.97 Å². The Morgan fingerprint density at radius 3 is 2.50 bits per heavy atom. The number of halogens is 1. The topological polar surface area (TPSA) is 77.6 Å². The number of carbonyl (C=O) groups is 1. The number of aromatic amines is 1. The maximum atomic E-state index is 13.1. The molecular formula is C23H22FNO5. The Balaban J connectivity index is 1.88. The van der Waals surface area contributed by atoms with Crippen LogP contribution in [0.2, 0.25) is 0 Å². The van der Waals surface area contributed by atoms with E-state index in [0.717, 1.165) is 11.1 Å². The maximum Gasteiger partial charge on any atom is 0.343 e. The Morgan fingerprint density at radius 2 is 1.80 bits per heavy atom. The van der Waals surface area contributed by atoms with E-state index >= 15 is 0 Å². The van der Waals surface area contributed by atoms with E-state index in [1.807, 2.05) is 13.0 Å². The van der Waals surface area contributed by atoms with Crippen LogP contribution in [0.15, 0.2) is 59.5 Å². The van der Waals surface area contributed by atoms with Crippen LogP contribution < -0.4 is 15.0 Å². The molecule has 6 nitrogen and oxygen atoms in total. The second-order valence-corrected chi connectivity index (χ2v) is 6.50. The fourth-order valence-electron chi connectivity index (χ4n) is 2.94. The molecule has 0 atom stereocenters. The van der Waals surface area contributed by atoms with Crippen LogP contribution in [0.25, 0.3) is 11.1 Å². The van der Waals surface area contributed by atoms with E-state index in [0.29, 0.717) is 29.0 Å². The molecule has 1 N–H and O–H groups in total. The monoisotopic (exact) mass is 411 g/mol. The Labute approximate surface area is 173 Å². The molecule has 2 aromatic carbocycles. The van der Waals surface area contributed by atoms with Crippen molar-refractivity contribution in [1.29, 1.82) is 0 Å². The molecule has 3 aromatic rings. The van der Waals surface area contributed by atoms with Gasteiger partial charge in [-0.15, -0.1) is 0 Å². The largest absolute Gasteiger partial charge is 0.488 e. The van der Waals surface area contributed by atoms with Crippen molar-refractivity contribution in [1.82, 2.24) is 4.98 Å². The maximum absolute atomic E-state index is 13.1. The lowest BCUT2D eigenvalue weighted by atomic mass is 10.0. The number of pyridine rings is 1. The number of methoxy groups -OCH3 is 1. The van der Waals surface area contributed by atoms with Crippen LogP contribution >= 0.6 is 0 Å². The normalized spacial score (nSPS) is 10.5. The van der Waals surface area contributed by atoms with Crippen LogP contribution in [0.4, 0.5) is 4.39 Å². The zero-order valence-corrected chi connectivity index (χ0v) is 16.7. The van der Waals surface area contributed by atoms with Gasteiger partial charge in [-0.3, -0.25) is 4.79 Å². The van der Waals surface area contributed by atoms with Crippen molar-refractivity contribution < 1.29 is 23.4 Å². The zero-order valence-electron chi connectivity index (χ0n) is 16.7. The number of esters is 1. The number of benzene rings is 2. The molecule has 0 bridgehead atoms. The summed E-state index contributed by atoms with van der Waals surface area (Å²) >= 11 is 0. The number of ether oxygens (including phenoxy) is 3. The van der Waals surface area contributed by atoms with Gasteiger partial charge in [0.05, 0.1) is 12.7 Å². The van der Waals surface area contributed by atoms with Crippen molar-refractivity contribution in [3.8, 4) is 22.6 Å². The average molecular weight is 411 g/mol. The summed E-state index contributed by atoms with van der Waals surface area (Å²) in [6.07, 6.45) is 2.15. The summed E-state index contributed by atoms with van der Waals surface area (Å²) < 4.78 is 29.1. The summed E-state index contributed by atoms with van der Waals surface area (Å²) in [6.45, 7) is 1.95. The van der Waals surface area contributed by atoms with Gasteiger partial charge in [0, 0.05) is 6.20 Å². The molecule has 0 spiro atoms. The van der Waals surface area contributed by atoms with Gasteiger partial charge >= 0.3 is 5.97 Å². The minimum absolute atomic E-state index is 0.192. The van der Waals surface area contributed by atoms with Crippen LogP contribution in [0.1, 0.15) is 18.1 Å². The predicted octanol–water partition coefficient (Wildman–Crippen LogP) is 3.87. The van der Waals surface area contributed by atoms with E-state index in [-0.39, 0.29) is 24.6 Å². The van der Waals surface area contributed by atoms with Crippen LogP contribution in [0.3, 0.4) is 0 Å². The van der Waals surface area contributed by atoms with Crippen molar-refractivity contribution in [3.05, 3.63) is 82.0 Å². The third kappa shape index (κ3) is 5.05. The number of rotatable bonds is 8. The summed E-state index contributed by atoms with van der Waals surface area (Å²) in [5, 5.41) is 0. The molecule has 1 aromatic heterocycles. The molecule has 0 radical (unpaired) electrons. The quantitative estimate of drug-likeness (QED) is 0.570. The van der Waals surface area contributed by atoms with Gasteiger partial charge in [0.1, 0.15) is 23.9 Å². The van der Waals surface area contributed by atoms with Crippen molar-refractivity contribution >= 4 is 5.97 Å². The lowest BCUT2D eigenvalue weighted by molar-refractivity contribution is -0.142. The first kappa shape index (κ1) is 21.1. The zero-order chi connectivity index (χ0) is 21.5. The third-order valence-electron chi connectivity index (χ3n) is 4.53. The van der Waals surface area contributed by atoms with E-state index in [9.17, 15) is 14.0 Å². The summed E-state index contributed by atoms with van der Waals surface area (Å²) in [4.78, 5) is 26.6.